The first-order valence-electron chi connectivity index (χ1n) is 5.82. The molecule has 0 aromatic heterocycles. The zero-order valence-corrected chi connectivity index (χ0v) is 10.9. The number of benzene rings is 2. The van der Waals surface area contributed by atoms with Crippen molar-refractivity contribution in [2.75, 3.05) is 0 Å². The van der Waals surface area contributed by atoms with Gasteiger partial charge in [0.1, 0.15) is 0 Å². The fraction of sp³-hybridized carbons (Fsp3) is 0.143. The van der Waals surface area contributed by atoms with Gasteiger partial charge in [0.25, 0.3) is 0 Å². The molecule has 0 N–H and O–H groups in total. The fourth-order valence-corrected chi connectivity index (χ4v) is 3.99. The Balaban J connectivity index is 2.30. The summed E-state index contributed by atoms with van der Waals surface area (Å²) in [5, 5.41) is -1.08. The summed E-state index contributed by atoms with van der Waals surface area (Å²) in [5.41, 5.74) is 0.296. The molecule has 104 valence electrons. The average molecular weight is 298 g/mol. The molecule has 0 fully saturated rings. The second-order valence-electron chi connectivity index (χ2n) is 4.60. The van der Waals surface area contributed by atoms with E-state index >= 15 is 0 Å². The molecule has 1 aliphatic rings. The molecule has 0 aliphatic carbocycles. The number of alkyl halides is 3. The standard InChI is InChI=1S/C14H9F3O2S/c15-14(16,17)13-6-5-11-7-9-3-1-2-4-10(9)8-12(11)20(13,18)19/h1-8,13H. The third kappa shape index (κ3) is 1.91. The van der Waals surface area contributed by atoms with Gasteiger partial charge < -0.3 is 0 Å². The van der Waals surface area contributed by atoms with Crippen LogP contribution in [0.1, 0.15) is 5.56 Å². The maximum Gasteiger partial charge on any atom is 0.409 e. The number of hydrogen-bond donors (Lipinski definition) is 0. The Morgan fingerprint density at radius 2 is 1.60 bits per heavy atom. The van der Waals surface area contributed by atoms with Gasteiger partial charge in [-0.05, 0) is 28.5 Å². The molecule has 0 saturated carbocycles. The van der Waals surface area contributed by atoms with Crippen molar-refractivity contribution in [1.29, 1.82) is 0 Å². The highest BCUT2D eigenvalue weighted by Gasteiger charge is 2.49. The van der Waals surface area contributed by atoms with Gasteiger partial charge >= 0.3 is 6.18 Å². The molecule has 1 unspecified atom stereocenters. The summed E-state index contributed by atoms with van der Waals surface area (Å²) in [6.45, 7) is 0. The smallest absolute Gasteiger partial charge is 0.223 e. The first kappa shape index (κ1) is 13.2. The largest absolute Gasteiger partial charge is 0.409 e. The highest BCUT2D eigenvalue weighted by atomic mass is 32.2. The maximum absolute atomic E-state index is 12.8. The first-order valence-corrected chi connectivity index (χ1v) is 7.36. The molecule has 2 aromatic rings. The van der Waals surface area contributed by atoms with E-state index in [-0.39, 0.29) is 4.90 Å². The molecule has 20 heavy (non-hydrogen) atoms. The van der Waals surface area contributed by atoms with Gasteiger partial charge in [0.05, 0.1) is 4.90 Å². The third-order valence-corrected chi connectivity index (χ3v) is 5.35. The van der Waals surface area contributed by atoms with Gasteiger partial charge in [0, 0.05) is 0 Å². The van der Waals surface area contributed by atoms with Crippen molar-refractivity contribution < 1.29 is 21.6 Å². The Kier molecular flexibility index (Phi) is 2.69. The topological polar surface area (TPSA) is 34.1 Å². The van der Waals surface area contributed by atoms with Gasteiger partial charge in [-0.2, -0.15) is 13.2 Å². The van der Waals surface area contributed by atoms with Gasteiger partial charge in [-0.3, -0.25) is 0 Å². The lowest BCUT2D eigenvalue weighted by molar-refractivity contribution is -0.121. The van der Waals surface area contributed by atoms with Crippen LogP contribution in [0.2, 0.25) is 0 Å². The van der Waals surface area contributed by atoms with Crippen molar-refractivity contribution in [3.8, 4) is 0 Å². The van der Waals surface area contributed by atoms with Crippen molar-refractivity contribution >= 4 is 26.7 Å². The van der Waals surface area contributed by atoms with Gasteiger partial charge in [-0.15, -0.1) is 0 Å². The minimum Gasteiger partial charge on any atom is -0.223 e. The summed E-state index contributed by atoms with van der Waals surface area (Å²) < 4.78 is 62.7. The number of halogens is 3. The van der Waals surface area contributed by atoms with Crippen LogP contribution in [0.25, 0.3) is 16.8 Å². The molecule has 1 atom stereocenters. The highest BCUT2D eigenvalue weighted by Crippen LogP contribution is 2.38. The molecule has 0 amide bonds. The van der Waals surface area contributed by atoms with Crippen LogP contribution in [0.4, 0.5) is 13.2 Å². The Morgan fingerprint density at radius 1 is 1.00 bits per heavy atom. The van der Waals surface area contributed by atoms with Crippen molar-refractivity contribution in [2.24, 2.45) is 0 Å². The van der Waals surface area contributed by atoms with Crippen LogP contribution in [0.3, 0.4) is 0 Å². The predicted octanol–water partition coefficient (Wildman–Crippen LogP) is 3.57. The zero-order valence-electron chi connectivity index (χ0n) is 10.1. The van der Waals surface area contributed by atoms with Gasteiger partial charge in [-0.1, -0.05) is 36.4 Å². The third-order valence-electron chi connectivity index (χ3n) is 3.29. The lowest BCUT2D eigenvalue weighted by atomic mass is 10.1. The fourth-order valence-electron chi connectivity index (χ4n) is 2.33. The lowest BCUT2D eigenvalue weighted by Gasteiger charge is -2.22. The van der Waals surface area contributed by atoms with E-state index in [9.17, 15) is 21.6 Å². The summed E-state index contributed by atoms with van der Waals surface area (Å²) in [5.74, 6) is 0. The minimum absolute atomic E-state index is 0.263. The first-order chi connectivity index (χ1) is 9.30. The van der Waals surface area contributed by atoms with E-state index in [0.29, 0.717) is 17.0 Å². The Bertz CT molecular complexity index is 820. The number of sulfone groups is 1. The van der Waals surface area contributed by atoms with Gasteiger partial charge in [-0.25, -0.2) is 8.42 Å². The zero-order chi connectivity index (χ0) is 14.5. The van der Waals surface area contributed by atoms with E-state index in [1.807, 2.05) is 0 Å². The normalized spacial score (nSPS) is 20.9. The molecular formula is C14H9F3O2S. The number of fused-ring (bicyclic) bond motifs is 2. The molecule has 3 rings (SSSR count). The van der Waals surface area contributed by atoms with E-state index in [0.717, 1.165) is 5.39 Å². The van der Waals surface area contributed by atoms with E-state index in [2.05, 4.69) is 0 Å². The van der Waals surface area contributed by atoms with Crippen molar-refractivity contribution in [1.82, 2.24) is 0 Å². The predicted molar refractivity (Wildman–Crippen MR) is 70.0 cm³/mol. The quantitative estimate of drug-likeness (QED) is 0.745. The molecule has 1 heterocycles. The maximum atomic E-state index is 12.8. The van der Waals surface area contributed by atoms with Crippen LogP contribution >= 0.6 is 0 Å². The van der Waals surface area contributed by atoms with Crippen LogP contribution in [0, 0.1) is 0 Å². The Morgan fingerprint density at radius 3 is 2.20 bits per heavy atom. The van der Waals surface area contributed by atoms with Crippen LogP contribution in [-0.2, 0) is 9.84 Å². The lowest BCUT2D eigenvalue weighted by Crippen LogP contribution is -2.36. The SMILES string of the molecule is O=S1(=O)c2cc3ccccc3cc2C=CC1C(F)(F)F. The van der Waals surface area contributed by atoms with E-state index < -0.39 is 21.3 Å². The summed E-state index contributed by atoms with van der Waals surface area (Å²) in [6, 6.07) is 9.85. The van der Waals surface area contributed by atoms with Crippen molar-refractivity contribution in [3.63, 3.8) is 0 Å². The Hall–Kier alpha value is -1.82. The summed E-state index contributed by atoms with van der Waals surface area (Å²) in [7, 11) is -4.44. The molecule has 2 aromatic carbocycles. The van der Waals surface area contributed by atoms with Crippen molar-refractivity contribution in [3.05, 3.63) is 48.0 Å². The van der Waals surface area contributed by atoms with Crippen LogP contribution in [0.5, 0.6) is 0 Å². The molecule has 0 bridgehead atoms. The van der Waals surface area contributed by atoms with E-state index in [1.165, 1.54) is 12.1 Å². The van der Waals surface area contributed by atoms with E-state index in [1.54, 1.807) is 30.3 Å². The second-order valence-corrected chi connectivity index (χ2v) is 6.64. The van der Waals surface area contributed by atoms with Crippen LogP contribution < -0.4 is 0 Å². The molecule has 0 spiro atoms. The second kappa shape index (κ2) is 4.09. The van der Waals surface area contributed by atoms with Crippen LogP contribution in [-0.4, -0.2) is 19.8 Å². The summed E-state index contributed by atoms with van der Waals surface area (Å²) in [6.07, 6.45) is -2.88. The molecular weight excluding hydrogens is 289 g/mol. The summed E-state index contributed by atoms with van der Waals surface area (Å²) in [4.78, 5) is -0.263. The molecule has 0 saturated heterocycles. The number of hydrogen-bond acceptors (Lipinski definition) is 2. The molecule has 0 radical (unpaired) electrons. The molecule has 1 aliphatic heterocycles. The van der Waals surface area contributed by atoms with E-state index in [4.69, 9.17) is 0 Å². The molecule has 6 heteroatoms. The monoisotopic (exact) mass is 298 g/mol. The average Bonchev–Trinajstić information content (AvgIpc) is 2.35. The van der Waals surface area contributed by atoms with Crippen LogP contribution in [0.15, 0.2) is 47.4 Å². The summed E-state index contributed by atoms with van der Waals surface area (Å²) >= 11 is 0. The van der Waals surface area contributed by atoms with Crippen molar-refractivity contribution in [2.45, 2.75) is 16.3 Å². The molecule has 2 nitrogen and oxygen atoms in total. The highest BCUT2D eigenvalue weighted by molar-refractivity contribution is 7.92. The minimum atomic E-state index is -4.81. The van der Waals surface area contributed by atoms with Gasteiger partial charge in [0.2, 0.25) is 0 Å². The van der Waals surface area contributed by atoms with Gasteiger partial charge in [0.15, 0.2) is 15.1 Å². The number of rotatable bonds is 0. The Labute approximate surface area is 113 Å².